The second kappa shape index (κ2) is 18.0. The van der Waals surface area contributed by atoms with Crippen LogP contribution >= 0.6 is 0 Å². The smallest absolute Gasteiger partial charge is 0.496 e. The summed E-state index contributed by atoms with van der Waals surface area (Å²) < 4.78 is 11.9. The number of unbranched alkanes of at least 4 members (excludes halogenated alkanes) is 2. The molecule has 0 saturated carbocycles. The van der Waals surface area contributed by atoms with Crippen LogP contribution < -0.4 is 0 Å². The van der Waals surface area contributed by atoms with Gasteiger partial charge in [-0.15, -0.1) is 57.9 Å². The minimum atomic E-state index is 0. The molecular formula is C50H50O2Zr. The van der Waals surface area contributed by atoms with Crippen LogP contribution in [0.15, 0.2) is 142 Å². The monoisotopic (exact) mass is 772 g/mol. The third kappa shape index (κ3) is 8.85. The van der Waals surface area contributed by atoms with E-state index in [1.165, 1.54) is 93.5 Å². The van der Waals surface area contributed by atoms with Gasteiger partial charge < -0.3 is 8.83 Å². The number of hydrogen-bond donors (Lipinski definition) is 0. The molecule has 8 rings (SSSR count). The molecule has 0 N–H and O–H groups in total. The summed E-state index contributed by atoms with van der Waals surface area (Å²) in [6, 6.07) is 48.5. The van der Waals surface area contributed by atoms with Crippen LogP contribution in [0.2, 0.25) is 0 Å². The zero-order chi connectivity index (χ0) is 35.9. The second-order valence-corrected chi connectivity index (χ2v) is 13.9. The maximum atomic E-state index is 5.95. The average molecular weight is 774 g/mol. The Bertz CT molecular complexity index is 2170. The summed E-state index contributed by atoms with van der Waals surface area (Å²) in [7, 11) is 0. The van der Waals surface area contributed by atoms with E-state index >= 15 is 0 Å². The maximum absolute atomic E-state index is 5.95. The van der Waals surface area contributed by atoms with Crippen molar-refractivity contribution in [1.29, 1.82) is 0 Å². The summed E-state index contributed by atoms with van der Waals surface area (Å²) in [5.74, 6) is 3.99. The standard InChI is InChI=1S/2C25H25O.Zr/c2*1-3-5-7-18-10-12-19(13-11-18)23-9-6-8-20-16-21(17-24(20)23)25-15-14-22(4-2)26-25;/h2*6,8-17H,3-5,7H2,1-2H3;/q2*-1;+2. The number of benzene rings is 4. The third-order valence-electron chi connectivity index (χ3n) is 10.3. The first-order valence-electron chi connectivity index (χ1n) is 19.3. The largest absolute Gasteiger partial charge is 2.00 e. The molecule has 2 aromatic heterocycles. The van der Waals surface area contributed by atoms with Crippen molar-refractivity contribution in [3.8, 4) is 44.9 Å². The quantitative estimate of drug-likeness (QED) is 0.116. The Morgan fingerprint density at radius 3 is 1.25 bits per heavy atom. The molecule has 2 heterocycles. The van der Waals surface area contributed by atoms with Crippen LogP contribution in [-0.4, -0.2) is 0 Å². The molecule has 3 heteroatoms. The van der Waals surface area contributed by atoms with Crippen molar-refractivity contribution in [2.45, 2.75) is 79.1 Å². The predicted molar refractivity (Wildman–Crippen MR) is 221 cm³/mol. The minimum Gasteiger partial charge on any atom is -0.496 e. The topological polar surface area (TPSA) is 26.3 Å². The SMILES string of the molecule is CCCCc1ccc(-c2cccc3[cH-]c(-c4ccc(CC)o4)cc23)cc1.CCCCc1ccc(-c2cccc3[cH-]c(-c4ccc(CC)o4)cc23)cc1.[Zr+2]. The normalized spacial score (nSPS) is 11.1. The fraction of sp³-hybridized carbons (Fsp3) is 0.240. The van der Waals surface area contributed by atoms with E-state index in [-0.39, 0.29) is 26.2 Å². The molecule has 0 aliphatic carbocycles. The van der Waals surface area contributed by atoms with Gasteiger partial charge in [0.1, 0.15) is 0 Å². The molecular weight excluding hydrogens is 724 g/mol. The van der Waals surface area contributed by atoms with E-state index in [4.69, 9.17) is 8.83 Å². The molecule has 8 aromatic rings. The van der Waals surface area contributed by atoms with Gasteiger partial charge in [-0.3, -0.25) is 0 Å². The molecule has 0 unspecified atom stereocenters. The number of hydrogen-bond acceptors (Lipinski definition) is 2. The van der Waals surface area contributed by atoms with E-state index in [0.717, 1.165) is 47.0 Å². The summed E-state index contributed by atoms with van der Waals surface area (Å²) >= 11 is 0. The Kier molecular flexibility index (Phi) is 13.0. The summed E-state index contributed by atoms with van der Waals surface area (Å²) in [6.45, 7) is 8.72. The van der Waals surface area contributed by atoms with Crippen LogP contribution in [0, 0.1) is 0 Å². The van der Waals surface area contributed by atoms with Crippen molar-refractivity contribution in [3.05, 3.63) is 156 Å². The molecule has 266 valence electrons. The van der Waals surface area contributed by atoms with E-state index < -0.39 is 0 Å². The number of furan rings is 2. The van der Waals surface area contributed by atoms with Crippen molar-refractivity contribution in [2.24, 2.45) is 0 Å². The third-order valence-corrected chi connectivity index (χ3v) is 10.3. The van der Waals surface area contributed by atoms with Crippen LogP contribution in [-0.2, 0) is 51.9 Å². The van der Waals surface area contributed by atoms with Crippen molar-refractivity contribution >= 4 is 21.5 Å². The van der Waals surface area contributed by atoms with Crippen molar-refractivity contribution < 1.29 is 35.0 Å². The van der Waals surface area contributed by atoms with Gasteiger partial charge in [-0.25, -0.2) is 0 Å². The first-order chi connectivity index (χ1) is 25.6. The summed E-state index contributed by atoms with van der Waals surface area (Å²) in [6.07, 6.45) is 9.17. The first kappa shape index (κ1) is 38.3. The molecule has 0 aliphatic heterocycles. The van der Waals surface area contributed by atoms with Crippen LogP contribution in [0.4, 0.5) is 0 Å². The van der Waals surface area contributed by atoms with E-state index in [1.807, 2.05) is 0 Å². The molecule has 2 nitrogen and oxygen atoms in total. The van der Waals surface area contributed by atoms with Gasteiger partial charge in [-0.05, 0) is 72.2 Å². The molecule has 0 spiro atoms. The van der Waals surface area contributed by atoms with Crippen molar-refractivity contribution in [2.75, 3.05) is 0 Å². The molecule has 0 radical (unpaired) electrons. The molecule has 6 aromatic carbocycles. The van der Waals surface area contributed by atoms with Gasteiger partial charge in [0, 0.05) is 12.8 Å². The van der Waals surface area contributed by atoms with Gasteiger partial charge in [-0.1, -0.05) is 136 Å². The molecule has 0 fully saturated rings. The Labute approximate surface area is 334 Å². The van der Waals surface area contributed by atoms with Crippen LogP contribution in [0.3, 0.4) is 0 Å². The molecule has 0 bridgehead atoms. The van der Waals surface area contributed by atoms with Gasteiger partial charge in [0.15, 0.2) is 0 Å². The Morgan fingerprint density at radius 1 is 0.472 bits per heavy atom. The summed E-state index contributed by atoms with van der Waals surface area (Å²) in [5.41, 5.74) is 10.3. The fourth-order valence-corrected chi connectivity index (χ4v) is 7.17. The van der Waals surface area contributed by atoms with E-state index in [1.54, 1.807) is 0 Å². The summed E-state index contributed by atoms with van der Waals surface area (Å²) in [4.78, 5) is 0. The van der Waals surface area contributed by atoms with Crippen molar-refractivity contribution in [1.82, 2.24) is 0 Å². The molecule has 0 aliphatic rings. The van der Waals surface area contributed by atoms with Gasteiger partial charge in [0.25, 0.3) is 0 Å². The maximum Gasteiger partial charge on any atom is 2.00 e. The van der Waals surface area contributed by atoms with E-state index in [0.29, 0.717) is 0 Å². The Balaban J connectivity index is 0.000000178. The molecule has 0 saturated heterocycles. The van der Waals surface area contributed by atoms with E-state index in [2.05, 4.69) is 161 Å². The predicted octanol–water partition coefficient (Wildman–Crippen LogP) is 14.8. The van der Waals surface area contributed by atoms with Crippen molar-refractivity contribution in [3.63, 3.8) is 0 Å². The molecule has 0 atom stereocenters. The Morgan fingerprint density at radius 2 is 0.887 bits per heavy atom. The number of aryl methyl sites for hydroxylation is 4. The van der Waals surface area contributed by atoms with Gasteiger partial charge in [0.05, 0.1) is 23.0 Å². The molecule has 53 heavy (non-hydrogen) atoms. The fourth-order valence-electron chi connectivity index (χ4n) is 7.17. The summed E-state index contributed by atoms with van der Waals surface area (Å²) in [5, 5.41) is 5.11. The van der Waals surface area contributed by atoms with E-state index in [9.17, 15) is 0 Å². The number of fused-ring (bicyclic) bond motifs is 2. The number of rotatable bonds is 12. The Hall–Kier alpha value is -4.46. The van der Waals surface area contributed by atoms with Gasteiger partial charge in [0.2, 0.25) is 0 Å². The zero-order valence-electron chi connectivity index (χ0n) is 31.7. The zero-order valence-corrected chi connectivity index (χ0v) is 34.1. The average Bonchev–Trinajstić information content (AvgIpc) is 4.02. The van der Waals surface area contributed by atoms with Crippen LogP contribution in [0.25, 0.3) is 66.4 Å². The van der Waals surface area contributed by atoms with Crippen LogP contribution in [0.5, 0.6) is 0 Å². The second-order valence-electron chi connectivity index (χ2n) is 13.9. The minimum absolute atomic E-state index is 0. The van der Waals surface area contributed by atoms with Gasteiger partial charge >= 0.3 is 26.2 Å². The molecule has 0 amide bonds. The van der Waals surface area contributed by atoms with Crippen LogP contribution in [0.1, 0.15) is 76.0 Å². The first-order valence-corrected chi connectivity index (χ1v) is 19.3. The van der Waals surface area contributed by atoms with Gasteiger partial charge in [-0.2, -0.15) is 0 Å².